The predicted octanol–water partition coefficient (Wildman–Crippen LogP) is 5.74. The Labute approximate surface area is 250 Å². The molecule has 3 aromatic carbocycles. The van der Waals surface area contributed by atoms with Crippen LogP contribution >= 0.6 is 0 Å². The van der Waals surface area contributed by atoms with Gasteiger partial charge in [0.1, 0.15) is 29.5 Å². The van der Waals surface area contributed by atoms with Crippen molar-refractivity contribution in [3.05, 3.63) is 124 Å². The Kier molecular flexibility index (Phi) is 7.47. The largest absolute Gasteiger partial charge is 0.508 e. The van der Waals surface area contributed by atoms with Gasteiger partial charge in [0.05, 0.1) is 5.56 Å². The number of nitrogens with two attached hydrogens (primary N) is 1. The number of ether oxygens (including phenoxy) is 1. The zero-order valence-corrected chi connectivity index (χ0v) is 23.2. The molecular formula is C34H25N3O7. The molecule has 1 aromatic heterocycles. The second-order valence-electron chi connectivity index (χ2n) is 10.2. The molecule has 4 N–H and O–H groups in total. The van der Waals surface area contributed by atoms with E-state index in [1.54, 1.807) is 24.3 Å². The molecule has 6 rings (SSSR count). The number of hydrogen-bond acceptors (Lipinski definition) is 9. The Morgan fingerprint density at radius 3 is 2.45 bits per heavy atom. The lowest BCUT2D eigenvalue weighted by Crippen LogP contribution is -2.07. The highest BCUT2D eigenvalue weighted by atomic mass is 16.5. The maximum absolute atomic E-state index is 13.4. The lowest BCUT2D eigenvalue weighted by Gasteiger charge is -2.17. The smallest absolute Gasteiger partial charge is 0.336 e. The fourth-order valence-electron chi connectivity index (χ4n) is 5.04. The lowest BCUT2D eigenvalue weighted by molar-refractivity contribution is 0.0697. The highest BCUT2D eigenvalue weighted by molar-refractivity contribution is 6.09. The van der Waals surface area contributed by atoms with Gasteiger partial charge in [-0.15, -0.1) is 0 Å². The molecular weight excluding hydrogens is 562 g/mol. The molecule has 0 atom stereocenters. The number of phenolic OH excluding ortho intramolecular Hbond substituents is 1. The van der Waals surface area contributed by atoms with E-state index >= 15 is 0 Å². The zero-order chi connectivity index (χ0) is 30.8. The molecule has 0 spiro atoms. The molecule has 0 radical (unpaired) electrons. The van der Waals surface area contributed by atoms with Gasteiger partial charge in [-0.2, -0.15) is 4.98 Å². The van der Waals surface area contributed by atoms with Crippen molar-refractivity contribution in [1.82, 2.24) is 9.97 Å². The normalized spacial score (nSPS) is 11.1. The van der Waals surface area contributed by atoms with Gasteiger partial charge in [-0.05, 0) is 65.6 Å². The summed E-state index contributed by atoms with van der Waals surface area (Å²) in [5, 5.41) is 20.6. The van der Waals surface area contributed by atoms with Crippen molar-refractivity contribution < 1.29 is 29.0 Å². The number of carboxylic acid groups (broad SMARTS) is 1. The number of aryl methyl sites for hydroxylation is 1. The van der Waals surface area contributed by atoms with Crippen LogP contribution in [0.1, 0.15) is 38.3 Å². The van der Waals surface area contributed by atoms with Crippen LogP contribution in [0, 0.1) is 0 Å². The van der Waals surface area contributed by atoms with Gasteiger partial charge >= 0.3 is 12.0 Å². The third-order valence-electron chi connectivity index (χ3n) is 7.20. The Hall–Kier alpha value is -6.03. The van der Waals surface area contributed by atoms with E-state index in [4.69, 9.17) is 14.9 Å². The molecule has 0 saturated carbocycles. The number of carboxylic acids is 1. The second-order valence-corrected chi connectivity index (χ2v) is 10.2. The van der Waals surface area contributed by atoms with Crippen LogP contribution in [0.5, 0.6) is 11.8 Å². The van der Waals surface area contributed by atoms with Crippen LogP contribution < -0.4 is 15.9 Å². The first kappa shape index (κ1) is 28.1. The van der Waals surface area contributed by atoms with Gasteiger partial charge in [-0.3, -0.25) is 9.59 Å². The number of hydrogen-bond donors (Lipinski definition) is 3. The molecule has 44 heavy (non-hydrogen) atoms. The summed E-state index contributed by atoms with van der Waals surface area (Å²) >= 11 is 0. The van der Waals surface area contributed by atoms with Gasteiger partial charge in [-0.1, -0.05) is 30.3 Å². The first-order chi connectivity index (χ1) is 21.2. The number of fused-ring (bicyclic) bond motifs is 2. The number of ketones is 1. The van der Waals surface area contributed by atoms with Gasteiger partial charge in [0, 0.05) is 46.8 Å². The van der Waals surface area contributed by atoms with Crippen molar-refractivity contribution in [1.29, 1.82) is 0 Å². The SMILES string of the molecule is Nc1ccnc(OCc2ccc(CCC(=O)c3ccc(C(=O)O)c(-c4c5ccc(=O)cc-5oc5cc(O)ccc45)c3)cc2)n1. The average Bonchev–Trinajstić information content (AvgIpc) is 3.01. The van der Waals surface area contributed by atoms with Gasteiger partial charge in [0.25, 0.3) is 0 Å². The molecule has 0 saturated heterocycles. The van der Waals surface area contributed by atoms with Gasteiger partial charge < -0.3 is 25.1 Å². The molecule has 1 aliphatic carbocycles. The van der Waals surface area contributed by atoms with Crippen LogP contribution in [0.25, 0.3) is 33.4 Å². The number of rotatable bonds is 9. The van der Waals surface area contributed by atoms with Crippen LogP contribution in [0.3, 0.4) is 0 Å². The molecule has 0 fully saturated rings. The molecule has 0 amide bonds. The molecule has 218 valence electrons. The van der Waals surface area contributed by atoms with Crippen molar-refractivity contribution in [2.45, 2.75) is 19.4 Å². The standard InChI is InChI=1S/C34H25N3O7/c35-31-13-14-36-34(37-31)43-18-20-3-1-19(2-4-20)5-12-28(40)21-6-9-24(33(41)42)27(15-21)32-25-10-7-22(38)16-29(25)44-30-17-23(39)8-11-26(30)32/h1-4,6-11,13-17,38H,5,12,18H2,(H,41,42)(H2,35,36,37). The number of nitrogens with zero attached hydrogens (tertiary/aromatic N) is 2. The fraction of sp³-hybridized carbons (Fsp3) is 0.0882. The number of nitrogen functional groups attached to an aromatic ring is 1. The van der Waals surface area contributed by atoms with E-state index in [2.05, 4.69) is 9.97 Å². The molecule has 1 aliphatic heterocycles. The summed E-state index contributed by atoms with van der Waals surface area (Å²) in [7, 11) is 0. The van der Waals surface area contributed by atoms with Gasteiger partial charge in [-0.25, -0.2) is 9.78 Å². The summed E-state index contributed by atoms with van der Waals surface area (Å²) in [5.74, 6) is -0.843. The van der Waals surface area contributed by atoms with E-state index in [1.807, 2.05) is 24.3 Å². The number of Topliss-reactive ketones (excluding diaryl/α,β-unsaturated/α-hetero) is 1. The Bertz CT molecular complexity index is 2070. The predicted molar refractivity (Wildman–Crippen MR) is 163 cm³/mol. The number of aromatic hydroxyl groups is 1. The van der Waals surface area contributed by atoms with Crippen LogP contribution in [0.4, 0.5) is 5.82 Å². The number of aromatic nitrogens is 2. The van der Waals surface area contributed by atoms with Crippen molar-refractivity contribution in [3.63, 3.8) is 0 Å². The van der Waals surface area contributed by atoms with E-state index in [-0.39, 0.29) is 52.9 Å². The van der Waals surface area contributed by atoms with Gasteiger partial charge in [0.15, 0.2) is 11.2 Å². The van der Waals surface area contributed by atoms with E-state index in [9.17, 15) is 24.6 Å². The maximum atomic E-state index is 13.4. The van der Waals surface area contributed by atoms with Crippen molar-refractivity contribution in [3.8, 4) is 34.2 Å². The highest BCUT2D eigenvalue weighted by Crippen LogP contribution is 2.42. The maximum Gasteiger partial charge on any atom is 0.336 e. The first-order valence-corrected chi connectivity index (χ1v) is 13.6. The minimum Gasteiger partial charge on any atom is -0.508 e. The topological polar surface area (TPSA) is 166 Å². The number of aromatic carboxylic acids is 1. The molecule has 2 heterocycles. The van der Waals surface area contributed by atoms with Crippen LogP contribution in [0.15, 0.2) is 100 Å². The fourth-order valence-corrected chi connectivity index (χ4v) is 5.04. The third-order valence-corrected chi connectivity index (χ3v) is 7.20. The molecule has 10 heteroatoms. The molecule has 4 aromatic rings. The van der Waals surface area contributed by atoms with Crippen molar-refractivity contribution >= 4 is 28.5 Å². The first-order valence-electron chi connectivity index (χ1n) is 13.6. The summed E-state index contributed by atoms with van der Waals surface area (Å²) in [6.07, 6.45) is 2.18. The average molecular weight is 588 g/mol. The number of carbonyl (C=O) groups excluding carboxylic acids is 1. The molecule has 0 bridgehead atoms. The second kappa shape index (κ2) is 11.7. The summed E-state index contributed by atoms with van der Waals surface area (Å²) in [6, 6.07) is 22.6. The van der Waals surface area contributed by atoms with Crippen molar-refractivity contribution in [2.24, 2.45) is 0 Å². The van der Waals surface area contributed by atoms with E-state index < -0.39 is 5.97 Å². The van der Waals surface area contributed by atoms with E-state index in [1.165, 1.54) is 42.6 Å². The van der Waals surface area contributed by atoms with E-state index in [0.717, 1.165) is 11.1 Å². The Morgan fingerprint density at radius 2 is 1.68 bits per heavy atom. The monoisotopic (exact) mass is 587 g/mol. The molecule has 10 nitrogen and oxygen atoms in total. The Balaban J connectivity index is 1.27. The minimum atomic E-state index is -1.17. The van der Waals surface area contributed by atoms with Crippen LogP contribution in [0.2, 0.25) is 0 Å². The van der Waals surface area contributed by atoms with Gasteiger partial charge in [0.2, 0.25) is 0 Å². The summed E-state index contributed by atoms with van der Waals surface area (Å²) < 4.78 is 11.5. The summed E-state index contributed by atoms with van der Waals surface area (Å²) in [4.78, 5) is 45.8. The number of anilines is 1. The number of benzene rings is 4. The molecule has 0 unspecified atom stereocenters. The highest BCUT2D eigenvalue weighted by Gasteiger charge is 2.23. The third kappa shape index (κ3) is 5.82. The number of phenols is 1. The zero-order valence-electron chi connectivity index (χ0n) is 23.2. The summed E-state index contributed by atoms with van der Waals surface area (Å²) in [5.41, 5.74) is 9.08. The lowest BCUT2D eigenvalue weighted by atomic mass is 9.88. The molecule has 2 aliphatic rings. The minimum absolute atomic E-state index is 0.0176. The Morgan fingerprint density at radius 1 is 0.886 bits per heavy atom. The van der Waals surface area contributed by atoms with Crippen LogP contribution in [-0.4, -0.2) is 31.9 Å². The quantitative estimate of drug-likeness (QED) is 0.140. The van der Waals surface area contributed by atoms with E-state index in [0.29, 0.717) is 39.9 Å². The van der Waals surface area contributed by atoms with Crippen LogP contribution in [-0.2, 0) is 13.0 Å². The number of carbonyl (C=O) groups is 2. The van der Waals surface area contributed by atoms with Crippen molar-refractivity contribution in [2.75, 3.05) is 5.73 Å². The summed E-state index contributed by atoms with van der Waals surface area (Å²) in [6.45, 7) is 0.257.